The smallest absolute Gasteiger partial charge is 0.0319 e. The summed E-state index contributed by atoms with van der Waals surface area (Å²) in [6, 6.07) is 100. The Balaban J connectivity index is 0.000000408. The highest BCUT2D eigenvalue weighted by Crippen LogP contribution is 2.65. The SMILES string of the molecule is CC1(C)C2CCC1C2.CC1(C)C2CCC1CC2.CC1(C)CC2CC1C1CCCC21.CCC.CCC.CCC.CO.CO.CO.CO.CO.CO.c1ccc2ccccc2c1.c1ccc2ccccc2c1.c1ccc2ccccc2c1.c1ccc2ccccc2c1.c1ccc2ccccc2c1.c1ccc2ccccc2c1. The highest BCUT2D eigenvalue weighted by atomic mass is 16.2. The maximum Gasteiger partial charge on any atom is 0.0319 e. The second kappa shape index (κ2) is 57.1. The van der Waals surface area contributed by atoms with Crippen LogP contribution in [0, 0.1) is 63.6 Å². The summed E-state index contributed by atoms with van der Waals surface area (Å²) in [5.41, 5.74) is 2.18. The van der Waals surface area contributed by atoms with Crippen molar-refractivity contribution >= 4 is 64.6 Å². The maximum absolute atomic E-state index is 7.00. The Kier molecular flexibility index (Phi) is 50.9. The van der Waals surface area contributed by atoms with Crippen LogP contribution in [0.3, 0.4) is 0 Å². The summed E-state index contributed by atoms with van der Waals surface area (Å²) in [6.07, 6.45) is 22.3. The summed E-state index contributed by atoms with van der Waals surface area (Å²) < 4.78 is 0. The third-order valence-corrected chi connectivity index (χ3v) is 22.4. The average Bonchev–Trinajstić information content (AvgIpc) is 1.57. The molecule has 6 unspecified atom stereocenters. The zero-order valence-corrected chi connectivity index (χ0v) is 71.1. The molecule has 0 spiro atoms. The number of hydrogen-bond acceptors (Lipinski definition) is 6. The van der Waals surface area contributed by atoms with Crippen molar-refractivity contribution in [2.45, 2.75) is 179 Å². The lowest BCUT2D eigenvalue weighted by atomic mass is 9.61. The van der Waals surface area contributed by atoms with Gasteiger partial charge in [0, 0.05) is 42.7 Å². The molecule has 8 fully saturated rings. The van der Waals surface area contributed by atoms with E-state index in [1.54, 1.807) is 38.5 Å². The summed E-state index contributed by atoms with van der Waals surface area (Å²) >= 11 is 0. The lowest BCUT2D eigenvalue weighted by molar-refractivity contribution is 0.0523. The van der Waals surface area contributed by atoms with Crippen molar-refractivity contribution in [1.29, 1.82) is 0 Å². The monoisotopic (exact) mass is 1490 g/mol. The minimum atomic E-state index is 0.705. The highest BCUT2D eigenvalue weighted by Gasteiger charge is 2.57. The molecule has 12 aromatic rings. The molecule has 6 nitrogen and oxygen atoms in total. The van der Waals surface area contributed by atoms with Gasteiger partial charge in [-0.2, -0.15) is 0 Å². The van der Waals surface area contributed by atoms with Gasteiger partial charge in [0.25, 0.3) is 0 Å². The molecule has 20 rings (SSSR count). The van der Waals surface area contributed by atoms with Crippen LogP contribution in [-0.4, -0.2) is 73.3 Å². The largest absolute Gasteiger partial charge is 0.400 e. The second-order valence-corrected chi connectivity index (χ2v) is 30.7. The van der Waals surface area contributed by atoms with Crippen molar-refractivity contribution in [3.63, 3.8) is 0 Å². The van der Waals surface area contributed by atoms with Gasteiger partial charge in [0.1, 0.15) is 0 Å². The molecular formula is C104H146O6. The number of aliphatic hydroxyl groups excluding tert-OH is 6. The van der Waals surface area contributed by atoms with Gasteiger partial charge < -0.3 is 30.6 Å². The summed E-state index contributed by atoms with van der Waals surface area (Å²) in [4.78, 5) is 0. The Hall–Kier alpha value is -8.04. The molecule has 6 bridgehead atoms. The topological polar surface area (TPSA) is 121 Å². The normalized spacial score (nSPS) is 19.5. The third-order valence-electron chi connectivity index (χ3n) is 22.4. The van der Waals surface area contributed by atoms with Gasteiger partial charge in [-0.15, -0.1) is 0 Å². The molecule has 8 saturated carbocycles. The lowest BCUT2D eigenvalue weighted by Gasteiger charge is -2.44. The standard InChI is InChI=1S/C12H20.6C10H8.C9H16.C8H14.3C3H8.6CH4O/c1-12(2)7-8-6-11(12)10-5-3-4-9(8)10;6*1-2-6-10-8-4-3-7-9(10)5-1;1-9(2)7-3-4-8(9)6-5-7;1-8(2)6-3-4-7(8)5-6;3*1-3-2;6*1-2/h8-11H,3-7H2,1-2H3;6*1-8H;7-8H,3-6H2,1-2H3;6-7H,3-5H2,1-2H3;3*3H2,1-2H3;6*2H,1H3. The summed E-state index contributed by atoms with van der Waals surface area (Å²) in [5, 5.41) is 57.7. The molecule has 0 aliphatic heterocycles. The van der Waals surface area contributed by atoms with Gasteiger partial charge in [0.2, 0.25) is 0 Å². The molecule has 0 heterocycles. The highest BCUT2D eigenvalue weighted by molar-refractivity contribution is 5.85. The number of rotatable bonds is 0. The molecule has 6 N–H and O–H groups in total. The Morgan fingerprint density at radius 1 is 0.227 bits per heavy atom. The van der Waals surface area contributed by atoms with E-state index >= 15 is 0 Å². The molecule has 0 aromatic heterocycles. The fourth-order valence-corrected chi connectivity index (χ4v) is 17.0. The van der Waals surface area contributed by atoms with Crippen LogP contribution in [0.1, 0.15) is 179 Å². The summed E-state index contributed by atoms with van der Waals surface area (Å²) in [6.45, 7) is 27.5. The van der Waals surface area contributed by atoms with Gasteiger partial charge in [0.15, 0.2) is 0 Å². The van der Waals surface area contributed by atoms with Gasteiger partial charge in [-0.1, -0.05) is 400 Å². The fourth-order valence-electron chi connectivity index (χ4n) is 17.0. The van der Waals surface area contributed by atoms with Gasteiger partial charge in [-0.25, -0.2) is 0 Å². The third kappa shape index (κ3) is 31.6. The number of hydrogen-bond donors (Lipinski definition) is 6. The Labute approximate surface area is 668 Å². The van der Waals surface area contributed by atoms with E-state index in [9.17, 15) is 0 Å². The Morgan fingerprint density at radius 3 is 0.518 bits per heavy atom. The second-order valence-electron chi connectivity index (χ2n) is 30.7. The van der Waals surface area contributed by atoms with E-state index in [0.717, 1.165) is 94.9 Å². The first kappa shape index (κ1) is 98.0. The van der Waals surface area contributed by atoms with E-state index in [-0.39, 0.29) is 0 Å². The van der Waals surface area contributed by atoms with Gasteiger partial charge in [-0.05, 0) is 199 Å². The molecule has 6 heteroatoms. The van der Waals surface area contributed by atoms with Crippen molar-refractivity contribution in [2.75, 3.05) is 42.7 Å². The van der Waals surface area contributed by atoms with Crippen LogP contribution in [0.4, 0.5) is 0 Å². The first-order valence-electron chi connectivity index (χ1n) is 41.0. The minimum Gasteiger partial charge on any atom is -0.400 e. The van der Waals surface area contributed by atoms with Gasteiger partial charge in [0.05, 0.1) is 0 Å². The molecule has 6 atom stereocenters. The maximum atomic E-state index is 7.00. The van der Waals surface area contributed by atoms with E-state index < -0.39 is 0 Å². The van der Waals surface area contributed by atoms with Crippen LogP contribution in [-0.2, 0) is 0 Å². The first-order valence-corrected chi connectivity index (χ1v) is 41.0. The predicted molar refractivity (Wildman–Crippen MR) is 485 cm³/mol. The van der Waals surface area contributed by atoms with Crippen LogP contribution < -0.4 is 0 Å². The van der Waals surface area contributed by atoms with Crippen LogP contribution in [0.25, 0.3) is 64.6 Å². The zero-order valence-electron chi connectivity index (χ0n) is 71.1. The van der Waals surface area contributed by atoms with Crippen LogP contribution in [0.2, 0.25) is 0 Å². The Morgan fingerprint density at radius 2 is 0.382 bits per heavy atom. The summed E-state index contributed by atoms with van der Waals surface area (Å²) in [5.74, 6) is 8.94. The molecular weight excluding hydrogens is 1350 g/mol. The minimum absolute atomic E-state index is 0.705. The zero-order chi connectivity index (χ0) is 81.6. The van der Waals surface area contributed by atoms with Crippen LogP contribution >= 0.6 is 0 Å². The molecule has 0 radical (unpaired) electrons. The Bertz CT molecular complexity index is 3220. The molecule has 12 aromatic carbocycles. The number of aliphatic hydroxyl groups is 6. The van der Waals surface area contributed by atoms with Crippen molar-refractivity contribution < 1.29 is 30.6 Å². The summed E-state index contributed by atoms with van der Waals surface area (Å²) in [7, 11) is 6.00. The van der Waals surface area contributed by atoms with Crippen molar-refractivity contribution in [2.24, 2.45) is 63.6 Å². The van der Waals surface area contributed by atoms with Crippen LogP contribution in [0.5, 0.6) is 0 Å². The van der Waals surface area contributed by atoms with Crippen molar-refractivity contribution in [3.05, 3.63) is 291 Å². The molecule has 8 aliphatic carbocycles. The quantitative estimate of drug-likeness (QED) is 0.0900. The van der Waals surface area contributed by atoms with Crippen molar-refractivity contribution in [1.82, 2.24) is 0 Å². The molecule has 8 aliphatic rings. The number of fused-ring (bicyclic) bond motifs is 14. The van der Waals surface area contributed by atoms with Crippen LogP contribution in [0.15, 0.2) is 291 Å². The van der Waals surface area contributed by atoms with E-state index in [1.807, 2.05) is 0 Å². The van der Waals surface area contributed by atoms with Crippen molar-refractivity contribution in [3.8, 4) is 0 Å². The van der Waals surface area contributed by atoms with E-state index in [4.69, 9.17) is 30.6 Å². The predicted octanol–water partition coefficient (Wildman–Crippen LogP) is 27.7. The molecule has 110 heavy (non-hydrogen) atoms. The van der Waals surface area contributed by atoms with E-state index in [1.165, 1.54) is 128 Å². The lowest BCUT2D eigenvalue weighted by Crippen LogP contribution is -2.36. The number of benzene rings is 12. The fraction of sp³-hybridized carbons (Fsp3) is 0.423. The van der Waals surface area contributed by atoms with Gasteiger partial charge in [-0.3, -0.25) is 0 Å². The first-order chi connectivity index (χ1) is 53.6. The van der Waals surface area contributed by atoms with E-state index in [2.05, 4.69) is 374 Å². The molecule has 0 amide bonds. The molecule has 0 saturated heterocycles. The average molecular weight is 1490 g/mol. The van der Waals surface area contributed by atoms with Gasteiger partial charge >= 0.3 is 0 Å². The van der Waals surface area contributed by atoms with E-state index in [0.29, 0.717) is 5.41 Å². The molecule has 598 valence electrons.